The predicted molar refractivity (Wildman–Crippen MR) is 79.8 cm³/mol. The van der Waals surface area contributed by atoms with Crippen LogP contribution in [0.4, 0.5) is 0 Å². The Labute approximate surface area is 123 Å². The number of hydrogen-bond donors (Lipinski definition) is 2. The van der Waals surface area contributed by atoms with E-state index >= 15 is 0 Å². The predicted octanol–water partition coefficient (Wildman–Crippen LogP) is 1.06. The van der Waals surface area contributed by atoms with Gasteiger partial charge in [0, 0.05) is 6.42 Å². The highest BCUT2D eigenvalue weighted by Gasteiger charge is 2.29. The van der Waals surface area contributed by atoms with Crippen molar-refractivity contribution in [3.05, 3.63) is 29.8 Å². The number of rotatable bonds is 4. The number of nitrogens with one attached hydrogen (secondary N) is 1. The Bertz CT molecular complexity index is 650. The Morgan fingerprint density at radius 1 is 1.38 bits per heavy atom. The maximum atomic E-state index is 11.7. The molecule has 0 saturated carbocycles. The fourth-order valence-electron chi connectivity index (χ4n) is 2.25. The molecule has 0 aromatic heterocycles. The van der Waals surface area contributed by atoms with Crippen LogP contribution in [-0.4, -0.2) is 36.6 Å². The van der Waals surface area contributed by atoms with Crippen molar-refractivity contribution in [3.8, 4) is 5.75 Å². The first kappa shape index (κ1) is 15.5. The minimum atomic E-state index is -2.96. The third-order valence-electron chi connectivity index (χ3n) is 3.43. The summed E-state index contributed by atoms with van der Waals surface area (Å²) in [7, 11) is -2.96. The number of benzene rings is 1. The van der Waals surface area contributed by atoms with E-state index in [-0.39, 0.29) is 35.5 Å². The second kappa shape index (κ2) is 6.26. The van der Waals surface area contributed by atoms with Gasteiger partial charge in [0.1, 0.15) is 5.75 Å². The number of carbonyl (C=O) groups excluding carboxylic acids is 1. The van der Waals surface area contributed by atoms with Crippen molar-refractivity contribution in [1.29, 1.82) is 0 Å². The number of nitrogens with zero attached hydrogens (tertiary/aromatic N) is 1. The fourth-order valence-corrected chi connectivity index (χ4v) is 4.12. The van der Waals surface area contributed by atoms with Crippen LogP contribution in [0, 0.1) is 5.92 Å². The number of hydrogen-bond acceptors (Lipinski definition) is 5. The topological polar surface area (TPSA) is 95.8 Å². The van der Waals surface area contributed by atoms with Crippen molar-refractivity contribution in [1.82, 2.24) is 5.43 Å². The van der Waals surface area contributed by atoms with E-state index in [1.165, 1.54) is 0 Å². The average molecular weight is 310 g/mol. The maximum absolute atomic E-state index is 11.7. The molecule has 1 heterocycles. The summed E-state index contributed by atoms with van der Waals surface area (Å²) in [6.45, 7) is 1.74. The molecular formula is C14H18N2O4S. The molecule has 2 rings (SSSR count). The first-order valence-electron chi connectivity index (χ1n) is 6.69. The molecule has 1 saturated heterocycles. The van der Waals surface area contributed by atoms with Crippen molar-refractivity contribution in [2.24, 2.45) is 11.0 Å². The standard InChI is InChI=1S/C14H18N2O4S/c1-10(12-2-4-13(17)5-3-12)15-16-14(18)8-11-6-7-21(19,20)9-11/h2-5,11,17H,6-9H2,1H3,(H,16,18)/b15-10+/t11-/m0/s1. The van der Waals surface area contributed by atoms with E-state index in [1.54, 1.807) is 31.2 Å². The summed E-state index contributed by atoms with van der Waals surface area (Å²) >= 11 is 0. The van der Waals surface area contributed by atoms with E-state index in [2.05, 4.69) is 10.5 Å². The van der Waals surface area contributed by atoms with Crippen LogP contribution in [0.1, 0.15) is 25.3 Å². The van der Waals surface area contributed by atoms with Gasteiger partial charge in [0.05, 0.1) is 17.2 Å². The van der Waals surface area contributed by atoms with Crippen LogP contribution in [0.2, 0.25) is 0 Å². The molecule has 21 heavy (non-hydrogen) atoms. The zero-order valence-electron chi connectivity index (χ0n) is 11.7. The van der Waals surface area contributed by atoms with Crippen molar-refractivity contribution in [3.63, 3.8) is 0 Å². The van der Waals surface area contributed by atoms with Crippen LogP contribution in [-0.2, 0) is 14.6 Å². The second-order valence-electron chi connectivity index (χ2n) is 5.25. The van der Waals surface area contributed by atoms with E-state index in [1.807, 2.05) is 0 Å². The van der Waals surface area contributed by atoms with Crippen LogP contribution in [0.5, 0.6) is 5.75 Å². The van der Waals surface area contributed by atoms with E-state index < -0.39 is 9.84 Å². The monoisotopic (exact) mass is 310 g/mol. The molecule has 114 valence electrons. The first-order valence-corrected chi connectivity index (χ1v) is 8.51. The number of phenolic OH excluding ortho intramolecular Hbond substituents is 1. The Balaban J connectivity index is 1.88. The highest BCUT2D eigenvalue weighted by atomic mass is 32.2. The minimum absolute atomic E-state index is 0.0844. The SMILES string of the molecule is C/C(=N\NC(=O)C[C@@H]1CCS(=O)(=O)C1)c1ccc(O)cc1. The van der Waals surface area contributed by atoms with Gasteiger partial charge in [-0.25, -0.2) is 13.8 Å². The second-order valence-corrected chi connectivity index (χ2v) is 7.48. The molecule has 0 bridgehead atoms. The Hall–Kier alpha value is -1.89. The van der Waals surface area contributed by atoms with E-state index in [0.717, 1.165) is 5.56 Å². The largest absolute Gasteiger partial charge is 0.508 e. The molecule has 0 radical (unpaired) electrons. The smallest absolute Gasteiger partial charge is 0.240 e. The number of sulfone groups is 1. The van der Waals surface area contributed by atoms with Crippen molar-refractivity contribution in [2.45, 2.75) is 19.8 Å². The van der Waals surface area contributed by atoms with Crippen LogP contribution >= 0.6 is 0 Å². The lowest BCUT2D eigenvalue weighted by molar-refractivity contribution is -0.121. The van der Waals surface area contributed by atoms with Gasteiger partial charge < -0.3 is 5.11 Å². The van der Waals surface area contributed by atoms with E-state index in [4.69, 9.17) is 0 Å². The molecule has 7 heteroatoms. The van der Waals surface area contributed by atoms with Crippen molar-refractivity contribution < 1.29 is 18.3 Å². The fraction of sp³-hybridized carbons (Fsp3) is 0.429. The highest BCUT2D eigenvalue weighted by molar-refractivity contribution is 7.91. The van der Waals surface area contributed by atoms with Gasteiger partial charge in [-0.1, -0.05) is 0 Å². The third kappa shape index (κ3) is 4.56. The van der Waals surface area contributed by atoms with Gasteiger partial charge in [-0.3, -0.25) is 4.79 Å². The lowest BCUT2D eigenvalue weighted by Crippen LogP contribution is -2.22. The summed E-state index contributed by atoms with van der Waals surface area (Å²) < 4.78 is 22.6. The third-order valence-corrected chi connectivity index (χ3v) is 5.27. The molecule has 1 aliphatic rings. The zero-order chi connectivity index (χ0) is 15.5. The molecule has 0 unspecified atom stereocenters. The van der Waals surface area contributed by atoms with Gasteiger partial charge in [0.2, 0.25) is 5.91 Å². The number of aromatic hydroxyl groups is 1. The molecule has 1 amide bonds. The van der Waals surface area contributed by atoms with Gasteiger partial charge >= 0.3 is 0 Å². The van der Waals surface area contributed by atoms with E-state index in [0.29, 0.717) is 12.1 Å². The van der Waals surface area contributed by atoms with Gasteiger partial charge in [0.15, 0.2) is 9.84 Å². The molecular weight excluding hydrogens is 292 g/mol. The van der Waals surface area contributed by atoms with Crippen LogP contribution in [0.3, 0.4) is 0 Å². The Kier molecular flexibility index (Phi) is 4.62. The maximum Gasteiger partial charge on any atom is 0.240 e. The van der Waals surface area contributed by atoms with Crippen LogP contribution in [0.25, 0.3) is 0 Å². The van der Waals surface area contributed by atoms with Crippen LogP contribution < -0.4 is 5.43 Å². The summed E-state index contributed by atoms with van der Waals surface area (Å²) in [6, 6.07) is 6.48. The molecule has 1 atom stereocenters. The lowest BCUT2D eigenvalue weighted by atomic mass is 10.1. The highest BCUT2D eigenvalue weighted by Crippen LogP contribution is 2.21. The zero-order valence-corrected chi connectivity index (χ0v) is 12.6. The molecule has 0 aliphatic carbocycles. The van der Waals surface area contributed by atoms with Gasteiger partial charge in [-0.05, 0) is 49.1 Å². The van der Waals surface area contributed by atoms with Gasteiger partial charge in [0.25, 0.3) is 0 Å². The number of carbonyl (C=O) groups is 1. The average Bonchev–Trinajstić information content (AvgIpc) is 2.76. The minimum Gasteiger partial charge on any atom is -0.508 e. The Morgan fingerprint density at radius 2 is 2.05 bits per heavy atom. The van der Waals surface area contributed by atoms with Gasteiger partial charge in [-0.15, -0.1) is 0 Å². The molecule has 1 aromatic rings. The van der Waals surface area contributed by atoms with Crippen molar-refractivity contribution >= 4 is 21.5 Å². The first-order chi connectivity index (χ1) is 9.85. The number of amides is 1. The summed E-state index contributed by atoms with van der Waals surface area (Å²) in [4.78, 5) is 11.7. The summed E-state index contributed by atoms with van der Waals surface area (Å²) in [5, 5.41) is 13.2. The number of hydrazone groups is 1. The lowest BCUT2D eigenvalue weighted by Gasteiger charge is -2.06. The van der Waals surface area contributed by atoms with Gasteiger partial charge in [-0.2, -0.15) is 5.10 Å². The van der Waals surface area contributed by atoms with Crippen LogP contribution in [0.15, 0.2) is 29.4 Å². The molecule has 1 aliphatic heterocycles. The Morgan fingerprint density at radius 3 is 2.62 bits per heavy atom. The van der Waals surface area contributed by atoms with Crippen molar-refractivity contribution in [2.75, 3.05) is 11.5 Å². The van der Waals surface area contributed by atoms with E-state index in [9.17, 15) is 18.3 Å². The summed E-state index contributed by atoms with van der Waals surface area (Å²) in [5.41, 5.74) is 3.84. The molecule has 0 spiro atoms. The molecule has 1 aromatic carbocycles. The quantitative estimate of drug-likeness (QED) is 0.642. The molecule has 6 nitrogen and oxygen atoms in total. The number of phenols is 1. The summed E-state index contributed by atoms with van der Waals surface area (Å²) in [5.74, 6) is 0.0226. The molecule has 1 fully saturated rings. The summed E-state index contributed by atoms with van der Waals surface area (Å²) in [6.07, 6.45) is 0.710. The normalized spacial score (nSPS) is 21.2. The molecule has 2 N–H and O–H groups in total.